The molecule has 0 aromatic rings. The Morgan fingerprint density at radius 2 is 2.05 bits per heavy atom. The van der Waals surface area contributed by atoms with Gasteiger partial charge in [0, 0.05) is 12.6 Å². The number of urea groups is 1. The summed E-state index contributed by atoms with van der Waals surface area (Å²) in [6.45, 7) is 4.66. The first-order chi connectivity index (χ1) is 9.35. The van der Waals surface area contributed by atoms with E-state index in [9.17, 15) is 9.59 Å². The van der Waals surface area contributed by atoms with E-state index >= 15 is 0 Å². The SMILES string of the molecule is CC1(C)CC(NC(=O)NC2C=CC(C(=O)O)C2)CCO1. The summed E-state index contributed by atoms with van der Waals surface area (Å²) in [5.41, 5.74) is -0.210. The van der Waals surface area contributed by atoms with Crippen LogP contribution >= 0.6 is 0 Å². The molecule has 2 aliphatic rings. The van der Waals surface area contributed by atoms with Gasteiger partial charge in [-0.25, -0.2) is 4.79 Å². The highest BCUT2D eigenvalue weighted by atomic mass is 16.5. The van der Waals surface area contributed by atoms with E-state index in [-0.39, 0.29) is 23.7 Å². The van der Waals surface area contributed by atoms with E-state index in [0.717, 1.165) is 12.8 Å². The van der Waals surface area contributed by atoms with Gasteiger partial charge >= 0.3 is 12.0 Å². The lowest BCUT2D eigenvalue weighted by Gasteiger charge is -2.35. The number of ether oxygens (including phenoxy) is 1. The fourth-order valence-corrected chi connectivity index (χ4v) is 2.74. The van der Waals surface area contributed by atoms with Crippen LogP contribution in [0.25, 0.3) is 0 Å². The molecule has 2 rings (SSSR count). The Morgan fingerprint density at radius 3 is 2.65 bits per heavy atom. The Labute approximate surface area is 118 Å². The summed E-state index contributed by atoms with van der Waals surface area (Å²) in [5.74, 6) is -1.35. The number of amides is 2. The number of carbonyl (C=O) groups excluding carboxylic acids is 1. The van der Waals surface area contributed by atoms with Gasteiger partial charge in [-0.1, -0.05) is 12.2 Å². The molecule has 0 spiro atoms. The summed E-state index contributed by atoms with van der Waals surface area (Å²) in [6.07, 6.45) is 5.37. The smallest absolute Gasteiger partial charge is 0.315 e. The monoisotopic (exact) mass is 282 g/mol. The minimum atomic E-state index is -0.850. The number of carbonyl (C=O) groups is 2. The molecule has 1 saturated heterocycles. The van der Waals surface area contributed by atoms with Crippen molar-refractivity contribution in [3.63, 3.8) is 0 Å². The molecule has 1 aliphatic carbocycles. The van der Waals surface area contributed by atoms with E-state index in [0.29, 0.717) is 13.0 Å². The molecule has 2 amide bonds. The summed E-state index contributed by atoms with van der Waals surface area (Å²) >= 11 is 0. The molecule has 6 nitrogen and oxygen atoms in total. The van der Waals surface area contributed by atoms with Crippen LogP contribution in [0.1, 0.15) is 33.1 Å². The van der Waals surface area contributed by atoms with Crippen LogP contribution in [-0.2, 0) is 9.53 Å². The molecule has 6 heteroatoms. The number of carboxylic acids is 1. The fourth-order valence-electron chi connectivity index (χ4n) is 2.74. The van der Waals surface area contributed by atoms with Crippen LogP contribution in [0.4, 0.5) is 4.79 Å². The first-order valence-electron chi connectivity index (χ1n) is 6.98. The molecule has 1 heterocycles. The number of hydrogen-bond acceptors (Lipinski definition) is 3. The third-order valence-electron chi connectivity index (χ3n) is 3.75. The predicted molar refractivity (Wildman–Crippen MR) is 73.4 cm³/mol. The summed E-state index contributed by atoms with van der Waals surface area (Å²) in [7, 11) is 0. The molecule has 112 valence electrons. The lowest BCUT2D eigenvalue weighted by Crippen LogP contribution is -2.50. The molecule has 0 aromatic carbocycles. The van der Waals surface area contributed by atoms with Crippen LogP contribution in [0, 0.1) is 5.92 Å². The van der Waals surface area contributed by atoms with E-state index in [1.165, 1.54) is 0 Å². The average molecular weight is 282 g/mol. The van der Waals surface area contributed by atoms with Crippen molar-refractivity contribution < 1.29 is 19.4 Å². The number of rotatable bonds is 3. The standard InChI is InChI=1S/C14H22N2O4/c1-14(2)8-11(5-6-20-14)16-13(19)15-10-4-3-9(7-10)12(17)18/h3-4,9-11H,5-8H2,1-2H3,(H,17,18)(H2,15,16,19). The zero-order valence-corrected chi connectivity index (χ0v) is 11.9. The number of hydrogen-bond donors (Lipinski definition) is 3. The van der Waals surface area contributed by atoms with Crippen molar-refractivity contribution in [2.45, 2.75) is 50.8 Å². The van der Waals surface area contributed by atoms with Gasteiger partial charge in [-0.15, -0.1) is 0 Å². The van der Waals surface area contributed by atoms with Crippen LogP contribution in [0.3, 0.4) is 0 Å². The molecular weight excluding hydrogens is 260 g/mol. The Kier molecular flexibility index (Phi) is 4.32. The minimum absolute atomic E-state index is 0.0967. The van der Waals surface area contributed by atoms with Crippen molar-refractivity contribution in [2.75, 3.05) is 6.61 Å². The Hall–Kier alpha value is -1.56. The highest BCUT2D eigenvalue weighted by molar-refractivity contribution is 5.76. The van der Waals surface area contributed by atoms with Gasteiger partial charge in [0.15, 0.2) is 0 Å². The zero-order valence-electron chi connectivity index (χ0n) is 11.9. The van der Waals surface area contributed by atoms with Gasteiger partial charge in [-0.3, -0.25) is 4.79 Å². The van der Waals surface area contributed by atoms with Gasteiger partial charge in [0.1, 0.15) is 0 Å². The molecule has 3 unspecified atom stereocenters. The van der Waals surface area contributed by atoms with Crippen molar-refractivity contribution >= 4 is 12.0 Å². The molecule has 1 aliphatic heterocycles. The molecule has 1 fully saturated rings. The van der Waals surface area contributed by atoms with Crippen molar-refractivity contribution in [1.82, 2.24) is 10.6 Å². The second kappa shape index (κ2) is 5.83. The van der Waals surface area contributed by atoms with Crippen LogP contribution < -0.4 is 10.6 Å². The lowest BCUT2D eigenvalue weighted by molar-refractivity contribution is -0.140. The first-order valence-corrected chi connectivity index (χ1v) is 6.98. The Bertz CT molecular complexity index is 419. The largest absolute Gasteiger partial charge is 0.481 e. The number of carboxylic acid groups (broad SMARTS) is 1. The number of aliphatic carboxylic acids is 1. The van der Waals surface area contributed by atoms with Gasteiger partial charge < -0.3 is 20.5 Å². The van der Waals surface area contributed by atoms with E-state index in [2.05, 4.69) is 10.6 Å². The molecular formula is C14H22N2O4. The van der Waals surface area contributed by atoms with Crippen LogP contribution in [0.15, 0.2) is 12.2 Å². The third kappa shape index (κ3) is 3.96. The lowest BCUT2D eigenvalue weighted by atomic mass is 9.94. The summed E-state index contributed by atoms with van der Waals surface area (Å²) in [5, 5.41) is 14.6. The minimum Gasteiger partial charge on any atom is -0.481 e. The molecule has 20 heavy (non-hydrogen) atoms. The normalized spacial score (nSPS) is 31.8. The van der Waals surface area contributed by atoms with Crippen molar-refractivity contribution in [3.05, 3.63) is 12.2 Å². The topological polar surface area (TPSA) is 87.7 Å². The second-order valence-electron chi connectivity index (χ2n) is 6.09. The molecule has 3 atom stereocenters. The molecule has 0 bridgehead atoms. The third-order valence-corrected chi connectivity index (χ3v) is 3.75. The molecule has 3 N–H and O–H groups in total. The van der Waals surface area contributed by atoms with E-state index in [1.807, 2.05) is 13.8 Å². The molecule has 0 radical (unpaired) electrons. The van der Waals surface area contributed by atoms with Gasteiger partial charge in [-0.05, 0) is 33.1 Å². The van der Waals surface area contributed by atoms with Gasteiger partial charge in [0.2, 0.25) is 0 Å². The second-order valence-corrected chi connectivity index (χ2v) is 6.09. The van der Waals surface area contributed by atoms with Crippen LogP contribution in [0.5, 0.6) is 0 Å². The Balaban J connectivity index is 1.76. The zero-order chi connectivity index (χ0) is 14.8. The summed E-state index contributed by atoms with van der Waals surface area (Å²) < 4.78 is 5.60. The Morgan fingerprint density at radius 1 is 1.30 bits per heavy atom. The maximum Gasteiger partial charge on any atom is 0.315 e. The maximum atomic E-state index is 11.9. The summed E-state index contributed by atoms with van der Waals surface area (Å²) in [6, 6.07) is -0.350. The van der Waals surface area contributed by atoms with Crippen LogP contribution in [-0.4, -0.2) is 41.4 Å². The average Bonchev–Trinajstić information content (AvgIpc) is 2.75. The predicted octanol–water partition coefficient (Wildman–Crippen LogP) is 1.27. The van der Waals surface area contributed by atoms with Gasteiger partial charge in [0.05, 0.1) is 17.6 Å². The van der Waals surface area contributed by atoms with Gasteiger partial charge in [0.25, 0.3) is 0 Å². The van der Waals surface area contributed by atoms with E-state index in [4.69, 9.17) is 9.84 Å². The van der Waals surface area contributed by atoms with E-state index in [1.54, 1.807) is 12.2 Å². The first kappa shape index (κ1) is 14.8. The fraction of sp³-hybridized carbons (Fsp3) is 0.714. The van der Waals surface area contributed by atoms with Crippen LogP contribution in [0.2, 0.25) is 0 Å². The number of nitrogens with one attached hydrogen (secondary N) is 2. The van der Waals surface area contributed by atoms with Crippen molar-refractivity contribution in [2.24, 2.45) is 5.92 Å². The van der Waals surface area contributed by atoms with Crippen molar-refractivity contribution in [1.29, 1.82) is 0 Å². The summed E-state index contributed by atoms with van der Waals surface area (Å²) in [4.78, 5) is 22.7. The molecule has 0 aromatic heterocycles. The van der Waals surface area contributed by atoms with E-state index < -0.39 is 11.9 Å². The van der Waals surface area contributed by atoms with Gasteiger partial charge in [-0.2, -0.15) is 0 Å². The highest BCUT2D eigenvalue weighted by Crippen LogP contribution is 2.24. The quantitative estimate of drug-likeness (QED) is 0.680. The maximum absolute atomic E-state index is 11.9. The van der Waals surface area contributed by atoms with Crippen molar-refractivity contribution in [3.8, 4) is 0 Å². The molecule has 0 saturated carbocycles. The highest BCUT2D eigenvalue weighted by Gasteiger charge is 2.30.